The molecule has 1 aromatic heterocycles. The molecule has 0 bridgehead atoms. The average Bonchev–Trinajstić information content (AvgIpc) is 2.72. The summed E-state index contributed by atoms with van der Waals surface area (Å²) in [6, 6.07) is 7.02. The molecular formula is C12H7ClF3NO2S. The van der Waals surface area contributed by atoms with E-state index >= 15 is 0 Å². The maximum absolute atomic E-state index is 12.5. The second-order valence-electron chi connectivity index (χ2n) is 3.78. The van der Waals surface area contributed by atoms with Gasteiger partial charge >= 0.3 is 11.5 Å². The largest absolute Gasteiger partial charge is 0.477 e. The number of H-pyrrole nitrogens is 1. The van der Waals surface area contributed by atoms with E-state index in [0.29, 0.717) is 10.6 Å². The third-order valence-electron chi connectivity index (χ3n) is 2.37. The summed E-state index contributed by atoms with van der Waals surface area (Å²) in [6.45, 7) is 0. The molecule has 8 heteroatoms. The number of hydrogen-bond donors (Lipinski definition) is 2. The summed E-state index contributed by atoms with van der Waals surface area (Å²) >= 11 is 5.35. The maximum Gasteiger partial charge on any atom is 0.446 e. The summed E-state index contributed by atoms with van der Waals surface area (Å²) in [5, 5.41) is 9.30. The summed E-state index contributed by atoms with van der Waals surface area (Å²) in [6.07, 6.45) is 0. The molecule has 1 heterocycles. The van der Waals surface area contributed by atoms with Gasteiger partial charge in [-0.1, -0.05) is 23.7 Å². The number of carboxylic acid groups (broad SMARTS) is 1. The van der Waals surface area contributed by atoms with Crippen LogP contribution >= 0.6 is 23.4 Å². The molecule has 2 rings (SSSR count). The number of aromatic carboxylic acids is 1. The van der Waals surface area contributed by atoms with Gasteiger partial charge in [0.2, 0.25) is 0 Å². The Labute approximate surface area is 120 Å². The van der Waals surface area contributed by atoms with Gasteiger partial charge in [0.25, 0.3) is 0 Å². The zero-order valence-electron chi connectivity index (χ0n) is 9.66. The van der Waals surface area contributed by atoms with Gasteiger partial charge in [-0.25, -0.2) is 4.79 Å². The van der Waals surface area contributed by atoms with Crippen LogP contribution in [0.5, 0.6) is 0 Å². The number of rotatable bonds is 3. The van der Waals surface area contributed by atoms with E-state index < -0.39 is 11.5 Å². The number of aromatic amines is 1. The topological polar surface area (TPSA) is 53.1 Å². The predicted molar refractivity (Wildman–Crippen MR) is 70.1 cm³/mol. The van der Waals surface area contributed by atoms with E-state index in [0.717, 1.165) is 6.07 Å². The van der Waals surface area contributed by atoms with Crippen molar-refractivity contribution in [2.24, 2.45) is 0 Å². The van der Waals surface area contributed by atoms with Crippen LogP contribution in [-0.2, 0) is 0 Å². The standard InChI is InChI=1S/C12H7ClF3NO2S/c13-7-3-1-6(2-4-7)10-9(20-12(14,15)16)5-8(17-10)11(18)19/h1-5,17H,(H,18,19). The highest BCUT2D eigenvalue weighted by Crippen LogP contribution is 2.42. The van der Waals surface area contributed by atoms with Gasteiger partial charge in [-0.2, -0.15) is 13.2 Å². The fraction of sp³-hybridized carbons (Fsp3) is 0.0833. The van der Waals surface area contributed by atoms with Crippen molar-refractivity contribution in [3.63, 3.8) is 0 Å². The van der Waals surface area contributed by atoms with Gasteiger partial charge in [0.05, 0.1) is 5.69 Å². The van der Waals surface area contributed by atoms with Gasteiger partial charge in [0, 0.05) is 9.92 Å². The van der Waals surface area contributed by atoms with E-state index in [-0.39, 0.29) is 28.0 Å². The zero-order valence-corrected chi connectivity index (χ0v) is 11.2. The molecular weight excluding hydrogens is 315 g/mol. The zero-order chi connectivity index (χ0) is 14.9. The smallest absolute Gasteiger partial charge is 0.446 e. The fourth-order valence-electron chi connectivity index (χ4n) is 1.59. The number of nitrogens with one attached hydrogen (secondary N) is 1. The van der Waals surface area contributed by atoms with Crippen LogP contribution in [0.3, 0.4) is 0 Å². The van der Waals surface area contributed by atoms with Crippen LogP contribution in [0.1, 0.15) is 10.5 Å². The first-order valence-corrected chi connectivity index (χ1v) is 6.44. The van der Waals surface area contributed by atoms with Crippen molar-refractivity contribution in [2.75, 3.05) is 0 Å². The summed E-state index contributed by atoms with van der Waals surface area (Å²) in [5.41, 5.74) is -4.28. The van der Waals surface area contributed by atoms with Crippen LogP contribution < -0.4 is 0 Å². The van der Waals surface area contributed by atoms with Gasteiger partial charge < -0.3 is 10.1 Å². The SMILES string of the molecule is O=C(O)c1cc(SC(F)(F)F)c(-c2ccc(Cl)cc2)[nH]1. The molecule has 3 nitrogen and oxygen atoms in total. The Bertz CT molecular complexity index is 637. The van der Waals surface area contributed by atoms with Crippen molar-refractivity contribution in [1.29, 1.82) is 0 Å². The molecule has 2 N–H and O–H groups in total. The molecule has 0 unspecified atom stereocenters. The first-order chi connectivity index (χ1) is 9.26. The molecule has 20 heavy (non-hydrogen) atoms. The highest BCUT2D eigenvalue weighted by molar-refractivity contribution is 8.00. The monoisotopic (exact) mass is 321 g/mol. The lowest BCUT2D eigenvalue weighted by atomic mass is 10.2. The Hall–Kier alpha value is -1.60. The number of carbonyl (C=O) groups is 1. The highest BCUT2D eigenvalue weighted by Gasteiger charge is 2.32. The molecule has 0 aliphatic carbocycles. The Morgan fingerprint density at radius 3 is 2.35 bits per heavy atom. The van der Waals surface area contributed by atoms with Crippen LogP contribution in [0.4, 0.5) is 13.2 Å². The van der Waals surface area contributed by atoms with E-state index in [1.165, 1.54) is 24.3 Å². The van der Waals surface area contributed by atoms with Crippen LogP contribution in [-0.4, -0.2) is 21.6 Å². The minimum Gasteiger partial charge on any atom is -0.477 e. The molecule has 106 valence electrons. The number of alkyl halides is 3. The number of hydrogen-bond acceptors (Lipinski definition) is 2. The number of carboxylic acids is 1. The van der Waals surface area contributed by atoms with Crippen molar-refractivity contribution in [1.82, 2.24) is 4.98 Å². The lowest BCUT2D eigenvalue weighted by molar-refractivity contribution is -0.0328. The van der Waals surface area contributed by atoms with E-state index in [9.17, 15) is 18.0 Å². The lowest BCUT2D eigenvalue weighted by Gasteiger charge is -2.06. The predicted octanol–water partition coefficient (Wildman–Crippen LogP) is 4.65. The highest BCUT2D eigenvalue weighted by atomic mass is 35.5. The Morgan fingerprint density at radius 2 is 1.85 bits per heavy atom. The molecule has 1 aromatic carbocycles. The van der Waals surface area contributed by atoms with E-state index in [1.807, 2.05) is 0 Å². The summed E-state index contributed by atoms with van der Waals surface area (Å²) < 4.78 is 37.5. The number of thioether (sulfide) groups is 1. The second-order valence-corrected chi connectivity index (χ2v) is 5.33. The summed E-state index contributed by atoms with van der Waals surface area (Å²) in [5.74, 6) is -1.32. The quantitative estimate of drug-likeness (QED) is 0.809. The van der Waals surface area contributed by atoms with Crippen molar-refractivity contribution >= 4 is 29.3 Å². The van der Waals surface area contributed by atoms with Crippen molar-refractivity contribution in [3.05, 3.63) is 41.0 Å². The molecule has 0 aliphatic rings. The molecule has 0 aliphatic heterocycles. The Balaban J connectivity index is 2.49. The lowest BCUT2D eigenvalue weighted by Crippen LogP contribution is -1.99. The third kappa shape index (κ3) is 3.49. The van der Waals surface area contributed by atoms with Crippen LogP contribution in [0, 0.1) is 0 Å². The van der Waals surface area contributed by atoms with E-state index in [2.05, 4.69) is 4.98 Å². The Kier molecular flexibility index (Phi) is 4.01. The fourth-order valence-corrected chi connectivity index (χ4v) is 2.41. The van der Waals surface area contributed by atoms with Crippen LogP contribution in [0.25, 0.3) is 11.3 Å². The molecule has 2 aromatic rings. The summed E-state index contributed by atoms with van der Waals surface area (Å²) in [4.78, 5) is 13.2. The van der Waals surface area contributed by atoms with Crippen molar-refractivity contribution in [2.45, 2.75) is 10.4 Å². The number of aromatic nitrogens is 1. The van der Waals surface area contributed by atoms with Gasteiger partial charge in [-0.05, 0) is 35.5 Å². The molecule has 0 atom stereocenters. The molecule has 0 saturated carbocycles. The number of halogens is 4. The minimum atomic E-state index is -4.50. The second kappa shape index (κ2) is 5.41. The maximum atomic E-state index is 12.5. The van der Waals surface area contributed by atoms with Crippen LogP contribution in [0.15, 0.2) is 35.2 Å². The number of benzene rings is 1. The van der Waals surface area contributed by atoms with Gasteiger partial charge in [-0.3, -0.25) is 0 Å². The molecule has 0 saturated heterocycles. The van der Waals surface area contributed by atoms with Crippen LogP contribution in [0.2, 0.25) is 5.02 Å². The van der Waals surface area contributed by atoms with Gasteiger partial charge in [0.15, 0.2) is 0 Å². The minimum absolute atomic E-state index is 0.0985. The van der Waals surface area contributed by atoms with Crippen molar-refractivity contribution < 1.29 is 23.1 Å². The average molecular weight is 322 g/mol. The Morgan fingerprint density at radius 1 is 1.25 bits per heavy atom. The van der Waals surface area contributed by atoms with Gasteiger partial charge in [0.1, 0.15) is 5.69 Å². The first-order valence-electron chi connectivity index (χ1n) is 5.24. The van der Waals surface area contributed by atoms with Gasteiger partial charge in [-0.15, -0.1) is 0 Å². The normalized spacial score (nSPS) is 11.6. The molecule has 0 spiro atoms. The molecule has 0 radical (unpaired) electrons. The molecule has 0 fully saturated rings. The third-order valence-corrected chi connectivity index (χ3v) is 3.40. The molecule has 0 amide bonds. The first kappa shape index (κ1) is 14.8. The summed E-state index contributed by atoms with van der Waals surface area (Å²) in [7, 11) is 0. The van der Waals surface area contributed by atoms with Crippen molar-refractivity contribution in [3.8, 4) is 11.3 Å². The van der Waals surface area contributed by atoms with E-state index in [4.69, 9.17) is 16.7 Å². The van der Waals surface area contributed by atoms with E-state index in [1.54, 1.807) is 0 Å².